The molecule has 1 N–H and O–H groups in total. The molecule has 1 aromatic heterocycles. The number of carboxylic acids is 1. The molecule has 17 heavy (non-hydrogen) atoms. The highest BCUT2D eigenvalue weighted by molar-refractivity contribution is 7.14. The van der Waals surface area contributed by atoms with Crippen molar-refractivity contribution in [2.24, 2.45) is 0 Å². The molecule has 0 saturated heterocycles. The van der Waals surface area contributed by atoms with Crippen LogP contribution in [0.5, 0.6) is 0 Å². The highest BCUT2D eigenvalue weighted by Crippen LogP contribution is 2.20. The summed E-state index contributed by atoms with van der Waals surface area (Å²) in [6.45, 7) is 0. The molecule has 0 atom stereocenters. The van der Waals surface area contributed by atoms with Crippen LogP contribution >= 0.6 is 22.9 Å². The van der Waals surface area contributed by atoms with Crippen LogP contribution in [-0.2, 0) is 0 Å². The highest BCUT2D eigenvalue weighted by Gasteiger charge is 2.06. The smallest absolute Gasteiger partial charge is 0.347 e. The summed E-state index contributed by atoms with van der Waals surface area (Å²) >= 11 is 7.11. The monoisotopic (exact) mass is 265 g/mol. The normalized spacial score (nSPS) is 10.9. The second-order valence-corrected chi connectivity index (χ2v) is 4.69. The first-order valence-electron chi connectivity index (χ1n) is 4.78. The maximum Gasteiger partial charge on any atom is 0.347 e. The topological polar surface area (TPSA) is 50.2 Å². The van der Waals surface area contributed by atoms with E-state index >= 15 is 0 Å². The molecule has 86 valence electrons. The number of aromatic carboxylic acids is 1. The van der Waals surface area contributed by atoms with Crippen molar-refractivity contribution in [2.45, 2.75) is 0 Å². The van der Waals surface area contributed by atoms with Crippen molar-refractivity contribution in [2.75, 3.05) is 0 Å². The van der Waals surface area contributed by atoms with Crippen molar-refractivity contribution < 1.29 is 9.90 Å². The molecule has 0 bridgehead atoms. The number of hydrogen-bond donors (Lipinski definition) is 1. The van der Waals surface area contributed by atoms with Gasteiger partial charge in [-0.25, -0.2) is 9.78 Å². The summed E-state index contributed by atoms with van der Waals surface area (Å²) in [5.41, 5.74) is 0.876. The Hall–Kier alpha value is -1.65. The van der Waals surface area contributed by atoms with Crippen LogP contribution < -0.4 is 0 Å². The minimum atomic E-state index is -0.958. The Kier molecular flexibility index (Phi) is 3.56. The molecular formula is C12H8ClNO2S. The number of aromatic nitrogens is 1. The molecule has 1 aromatic carbocycles. The zero-order chi connectivity index (χ0) is 12.3. The number of halogens is 1. The van der Waals surface area contributed by atoms with Crippen molar-refractivity contribution in [1.82, 2.24) is 4.98 Å². The molecule has 0 unspecified atom stereocenters. The molecule has 1 heterocycles. The Labute approximate surface area is 107 Å². The fraction of sp³-hybridized carbons (Fsp3) is 0. The minimum Gasteiger partial charge on any atom is -0.477 e. The number of nitrogens with zero attached hydrogens (tertiary/aromatic N) is 1. The number of thiazole rings is 1. The van der Waals surface area contributed by atoms with Gasteiger partial charge in [-0.3, -0.25) is 0 Å². The Morgan fingerprint density at radius 3 is 2.76 bits per heavy atom. The molecule has 0 aliphatic heterocycles. The van der Waals surface area contributed by atoms with E-state index in [4.69, 9.17) is 16.7 Å². The lowest BCUT2D eigenvalue weighted by Crippen LogP contribution is -1.89. The van der Waals surface area contributed by atoms with Gasteiger partial charge in [0.1, 0.15) is 9.88 Å². The first-order chi connectivity index (χ1) is 8.16. The van der Waals surface area contributed by atoms with Crippen molar-refractivity contribution >= 4 is 41.1 Å². The highest BCUT2D eigenvalue weighted by atomic mass is 35.5. The van der Waals surface area contributed by atoms with E-state index in [1.54, 1.807) is 12.1 Å². The first kappa shape index (κ1) is 11.8. The van der Waals surface area contributed by atoms with Gasteiger partial charge in [0.05, 0.1) is 6.20 Å². The summed E-state index contributed by atoms with van der Waals surface area (Å²) in [7, 11) is 0. The number of hydrogen-bond acceptors (Lipinski definition) is 3. The SMILES string of the molecule is O=C(O)c1cnc(/C=C/c2ccccc2Cl)s1. The largest absolute Gasteiger partial charge is 0.477 e. The third-order valence-electron chi connectivity index (χ3n) is 2.05. The molecule has 2 aromatic rings. The molecule has 0 spiro atoms. The molecule has 0 saturated carbocycles. The summed E-state index contributed by atoms with van der Waals surface area (Å²) < 4.78 is 0. The summed E-state index contributed by atoms with van der Waals surface area (Å²) in [6.07, 6.45) is 4.91. The van der Waals surface area contributed by atoms with Crippen LogP contribution in [0.4, 0.5) is 0 Å². The molecule has 0 radical (unpaired) electrons. The Morgan fingerprint density at radius 2 is 2.12 bits per heavy atom. The van der Waals surface area contributed by atoms with E-state index in [0.29, 0.717) is 10.0 Å². The van der Waals surface area contributed by atoms with Gasteiger partial charge < -0.3 is 5.11 Å². The van der Waals surface area contributed by atoms with Gasteiger partial charge in [-0.1, -0.05) is 35.9 Å². The third-order valence-corrected chi connectivity index (χ3v) is 3.34. The van der Waals surface area contributed by atoms with Crippen LogP contribution in [0.15, 0.2) is 30.5 Å². The maximum atomic E-state index is 10.7. The Balaban J connectivity index is 2.20. The van der Waals surface area contributed by atoms with E-state index in [9.17, 15) is 4.79 Å². The summed E-state index contributed by atoms with van der Waals surface area (Å²) in [5, 5.41) is 10.0. The fourth-order valence-electron chi connectivity index (χ4n) is 1.23. The quantitative estimate of drug-likeness (QED) is 0.921. The van der Waals surface area contributed by atoms with E-state index in [-0.39, 0.29) is 4.88 Å². The predicted octanol–water partition coefficient (Wildman–Crippen LogP) is 3.67. The summed E-state index contributed by atoms with van der Waals surface area (Å²) in [6, 6.07) is 7.41. The second-order valence-electron chi connectivity index (χ2n) is 3.22. The van der Waals surface area contributed by atoms with Gasteiger partial charge in [0, 0.05) is 5.02 Å². The summed E-state index contributed by atoms with van der Waals surface area (Å²) in [4.78, 5) is 14.9. The minimum absolute atomic E-state index is 0.226. The molecular weight excluding hydrogens is 258 g/mol. The summed E-state index contributed by atoms with van der Waals surface area (Å²) in [5.74, 6) is -0.958. The van der Waals surface area contributed by atoms with E-state index in [0.717, 1.165) is 16.9 Å². The molecule has 0 amide bonds. The van der Waals surface area contributed by atoms with Gasteiger partial charge in [0.2, 0.25) is 0 Å². The third kappa shape index (κ3) is 2.93. The van der Waals surface area contributed by atoms with Crippen LogP contribution in [0.1, 0.15) is 20.2 Å². The average Bonchev–Trinajstić information content (AvgIpc) is 2.77. The van der Waals surface area contributed by atoms with Gasteiger partial charge in [-0.2, -0.15) is 0 Å². The van der Waals surface area contributed by atoms with Crippen LogP contribution in [-0.4, -0.2) is 16.1 Å². The van der Waals surface area contributed by atoms with Crippen LogP contribution in [0.3, 0.4) is 0 Å². The lowest BCUT2D eigenvalue weighted by Gasteiger charge is -1.94. The molecule has 0 fully saturated rings. The predicted molar refractivity (Wildman–Crippen MR) is 69.5 cm³/mol. The zero-order valence-electron chi connectivity index (χ0n) is 8.63. The van der Waals surface area contributed by atoms with Crippen molar-refractivity contribution in [3.05, 3.63) is 50.9 Å². The number of carbonyl (C=O) groups is 1. The maximum absolute atomic E-state index is 10.7. The lowest BCUT2D eigenvalue weighted by molar-refractivity contribution is 0.0702. The van der Waals surface area contributed by atoms with Crippen molar-refractivity contribution in [3.63, 3.8) is 0 Å². The van der Waals surface area contributed by atoms with E-state index < -0.39 is 5.97 Å². The molecule has 2 rings (SSSR count). The molecule has 3 nitrogen and oxygen atoms in total. The molecule has 5 heteroatoms. The molecule has 0 aliphatic rings. The van der Waals surface area contributed by atoms with Gasteiger partial charge in [0.25, 0.3) is 0 Å². The van der Waals surface area contributed by atoms with Crippen LogP contribution in [0.2, 0.25) is 5.02 Å². The van der Waals surface area contributed by atoms with E-state index in [1.165, 1.54) is 6.20 Å². The van der Waals surface area contributed by atoms with Crippen molar-refractivity contribution in [3.8, 4) is 0 Å². The van der Waals surface area contributed by atoms with Crippen molar-refractivity contribution in [1.29, 1.82) is 0 Å². The zero-order valence-corrected chi connectivity index (χ0v) is 10.2. The average molecular weight is 266 g/mol. The van der Waals surface area contributed by atoms with E-state index in [2.05, 4.69) is 4.98 Å². The van der Waals surface area contributed by atoms with Crippen LogP contribution in [0, 0.1) is 0 Å². The van der Waals surface area contributed by atoms with E-state index in [1.807, 2.05) is 24.3 Å². The second kappa shape index (κ2) is 5.12. The standard InChI is InChI=1S/C12H8ClNO2S/c13-9-4-2-1-3-8(9)5-6-11-14-7-10(17-11)12(15)16/h1-7H,(H,15,16)/b6-5+. The first-order valence-corrected chi connectivity index (χ1v) is 5.98. The van der Waals surface area contributed by atoms with Gasteiger partial charge >= 0.3 is 5.97 Å². The number of carboxylic acid groups (broad SMARTS) is 1. The molecule has 0 aliphatic carbocycles. The van der Waals surface area contributed by atoms with Gasteiger partial charge in [-0.05, 0) is 17.7 Å². The Morgan fingerprint density at radius 1 is 1.35 bits per heavy atom. The van der Waals surface area contributed by atoms with Gasteiger partial charge in [-0.15, -0.1) is 11.3 Å². The Bertz CT molecular complexity index is 577. The van der Waals surface area contributed by atoms with Crippen LogP contribution in [0.25, 0.3) is 12.2 Å². The number of benzene rings is 1. The fourth-order valence-corrected chi connectivity index (χ4v) is 2.09. The number of rotatable bonds is 3. The lowest BCUT2D eigenvalue weighted by atomic mass is 10.2. The van der Waals surface area contributed by atoms with Gasteiger partial charge in [0.15, 0.2) is 0 Å².